The number of hydrogen-bond acceptors (Lipinski definition) is 3. The van der Waals surface area contributed by atoms with Gasteiger partial charge in [-0.2, -0.15) is 11.8 Å². The SMILES string of the molecule is Brc1ccsc1CNCC1CCCS1. The van der Waals surface area contributed by atoms with Gasteiger partial charge in [0.2, 0.25) is 0 Å². The van der Waals surface area contributed by atoms with Gasteiger partial charge in [-0.1, -0.05) is 0 Å². The van der Waals surface area contributed by atoms with Crippen LogP contribution in [-0.4, -0.2) is 17.5 Å². The summed E-state index contributed by atoms with van der Waals surface area (Å²) in [5.74, 6) is 1.36. The largest absolute Gasteiger partial charge is 0.311 e. The number of nitrogens with one attached hydrogen (secondary N) is 1. The summed E-state index contributed by atoms with van der Waals surface area (Å²) in [7, 11) is 0. The zero-order chi connectivity index (χ0) is 9.80. The van der Waals surface area contributed by atoms with Crippen LogP contribution in [-0.2, 0) is 6.54 Å². The smallest absolute Gasteiger partial charge is 0.0327 e. The van der Waals surface area contributed by atoms with E-state index < -0.39 is 0 Å². The van der Waals surface area contributed by atoms with E-state index in [-0.39, 0.29) is 0 Å². The zero-order valence-electron chi connectivity index (χ0n) is 7.96. The number of rotatable bonds is 4. The summed E-state index contributed by atoms with van der Waals surface area (Å²) in [4.78, 5) is 1.41. The minimum absolute atomic E-state index is 0.855. The molecule has 14 heavy (non-hydrogen) atoms. The third kappa shape index (κ3) is 2.99. The molecule has 2 rings (SSSR count). The van der Waals surface area contributed by atoms with E-state index in [1.807, 2.05) is 11.3 Å². The van der Waals surface area contributed by atoms with Gasteiger partial charge in [0.05, 0.1) is 0 Å². The zero-order valence-corrected chi connectivity index (χ0v) is 11.2. The average molecular weight is 292 g/mol. The van der Waals surface area contributed by atoms with Gasteiger partial charge in [0.15, 0.2) is 0 Å². The molecule has 78 valence electrons. The first-order valence-corrected chi connectivity index (χ1v) is 7.62. The highest BCUT2D eigenvalue weighted by molar-refractivity contribution is 9.10. The fraction of sp³-hybridized carbons (Fsp3) is 0.600. The van der Waals surface area contributed by atoms with Crippen molar-refractivity contribution >= 4 is 39.0 Å². The molecule has 4 heteroatoms. The Labute approximate surface area is 102 Å². The Morgan fingerprint density at radius 2 is 2.50 bits per heavy atom. The number of thiophene rings is 1. The van der Waals surface area contributed by atoms with Crippen LogP contribution in [0.4, 0.5) is 0 Å². The van der Waals surface area contributed by atoms with Crippen LogP contribution in [0, 0.1) is 0 Å². The predicted molar refractivity (Wildman–Crippen MR) is 69.2 cm³/mol. The van der Waals surface area contributed by atoms with E-state index in [2.05, 4.69) is 44.5 Å². The predicted octanol–water partition coefficient (Wildman–Crippen LogP) is 3.50. The van der Waals surface area contributed by atoms with Crippen LogP contribution in [0.5, 0.6) is 0 Å². The lowest BCUT2D eigenvalue weighted by Crippen LogP contribution is -2.22. The van der Waals surface area contributed by atoms with E-state index in [1.54, 1.807) is 0 Å². The van der Waals surface area contributed by atoms with E-state index in [0.29, 0.717) is 0 Å². The molecule has 0 amide bonds. The van der Waals surface area contributed by atoms with Crippen molar-refractivity contribution in [3.8, 4) is 0 Å². The van der Waals surface area contributed by atoms with Crippen molar-refractivity contribution in [2.24, 2.45) is 0 Å². The number of halogens is 1. The summed E-state index contributed by atoms with van der Waals surface area (Å²) in [6, 6.07) is 2.12. The Morgan fingerprint density at radius 3 is 3.14 bits per heavy atom. The summed E-state index contributed by atoms with van der Waals surface area (Å²) < 4.78 is 1.24. The molecule has 0 saturated carbocycles. The van der Waals surface area contributed by atoms with Crippen molar-refractivity contribution in [1.82, 2.24) is 5.32 Å². The van der Waals surface area contributed by atoms with Gasteiger partial charge < -0.3 is 5.32 Å². The summed E-state index contributed by atoms with van der Waals surface area (Å²) in [5.41, 5.74) is 0. The molecule has 2 heterocycles. The molecule has 0 aromatic carbocycles. The van der Waals surface area contributed by atoms with Crippen molar-refractivity contribution in [3.05, 3.63) is 20.8 Å². The maximum atomic E-state index is 3.55. The molecule has 1 aromatic rings. The van der Waals surface area contributed by atoms with E-state index in [0.717, 1.165) is 18.3 Å². The quantitative estimate of drug-likeness (QED) is 0.911. The van der Waals surface area contributed by atoms with E-state index in [4.69, 9.17) is 0 Å². The molecule has 1 aromatic heterocycles. The highest BCUT2D eigenvalue weighted by atomic mass is 79.9. The third-order valence-corrected chi connectivity index (χ3v) is 5.70. The highest BCUT2D eigenvalue weighted by Gasteiger charge is 2.14. The van der Waals surface area contributed by atoms with Crippen LogP contribution in [0.1, 0.15) is 17.7 Å². The van der Waals surface area contributed by atoms with Gasteiger partial charge in [-0.25, -0.2) is 0 Å². The van der Waals surface area contributed by atoms with Gasteiger partial charge in [0.1, 0.15) is 0 Å². The molecule has 1 aliphatic rings. The van der Waals surface area contributed by atoms with Crippen LogP contribution in [0.2, 0.25) is 0 Å². The van der Waals surface area contributed by atoms with E-state index in [9.17, 15) is 0 Å². The second-order valence-corrected chi connectivity index (χ2v) is 6.72. The van der Waals surface area contributed by atoms with Crippen molar-refractivity contribution in [3.63, 3.8) is 0 Å². The minimum Gasteiger partial charge on any atom is -0.311 e. The molecule has 1 atom stereocenters. The van der Waals surface area contributed by atoms with Crippen LogP contribution >= 0.6 is 39.0 Å². The van der Waals surface area contributed by atoms with Crippen molar-refractivity contribution in [2.45, 2.75) is 24.6 Å². The molecule has 1 N–H and O–H groups in total. The Hall–Kier alpha value is 0.490. The normalized spacial score (nSPS) is 21.6. The monoisotopic (exact) mass is 291 g/mol. The molecule has 1 unspecified atom stereocenters. The van der Waals surface area contributed by atoms with Crippen LogP contribution in [0.15, 0.2) is 15.9 Å². The lowest BCUT2D eigenvalue weighted by molar-refractivity contribution is 0.649. The van der Waals surface area contributed by atoms with Crippen LogP contribution in [0.25, 0.3) is 0 Å². The molecule has 1 nitrogen and oxygen atoms in total. The fourth-order valence-corrected chi connectivity index (χ4v) is 4.30. The maximum Gasteiger partial charge on any atom is 0.0327 e. The van der Waals surface area contributed by atoms with Crippen molar-refractivity contribution in [1.29, 1.82) is 0 Å². The van der Waals surface area contributed by atoms with Gasteiger partial charge in [0.25, 0.3) is 0 Å². The van der Waals surface area contributed by atoms with Gasteiger partial charge in [-0.05, 0) is 46.0 Å². The van der Waals surface area contributed by atoms with E-state index in [1.165, 1.54) is 27.9 Å². The topological polar surface area (TPSA) is 12.0 Å². The first-order valence-electron chi connectivity index (χ1n) is 4.90. The summed E-state index contributed by atoms with van der Waals surface area (Å²) >= 11 is 7.47. The maximum absolute atomic E-state index is 3.55. The lowest BCUT2D eigenvalue weighted by atomic mass is 10.2. The molecule has 1 saturated heterocycles. The molecule has 1 aliphatic heterocycles. The Bertz CT molecular complexity index is 281. The summed E-state index contributed by atoms with van der Waals surface area (Å²) in [6.07, 6.45) is 2.79. The molecule has 0 spiro atoms. The molecule has 0 radical (unpaired) electrons. The van der Waals surface area contributed by atoms with Gasteiger partial charge in [-0.15, -0.1) is 11.3 Å². The molecule has 0 bridgehead atoms. The first-order chi connectivity index (χ1) is 6.86. The van der Waals surface area contributed by atoms with Crippen LogP contribution in [0.3, 0.4) is 0 Å². The highest BCUT2D eigenvalue weighted by Crippen LogP contribution is 2.26. The Morgan fingerprint density at radius 1 is 1.57 bits per heavy atom. The molecular weight excluding hydrogens is 278 g/mol. The van der Waals surface area contributed by atoms with Crippen molar-refractivity contribution in [2.75, 3.05) is 12.3 Å². The summed E-state index contributed by atoms with van der Waals surface area (Å²) in [6.45, 7) is 2.17. The second-order valence-electron chi connectivity index (χ2n) is 3.46. The van der Waals surface area contributed by atoms with Gasteiger partial charge >= 0.3 is 0 Å². The Kier molecular flexibility index (Phi) is 4.35. The average Bonchev–Trinajstić information content (AvgIpc) is 2.78. The van der Waals surface area contributed by atoms with Gasteiger partial charge in [0, 0.05) is 27.7 Å². The first kappa shape index (κ1) is 11.0. The molecule has 0 aliphatic carbocycles. The van der Waals surface area contributed by atoms with Crippen LogP contribution < -0.4 is 5.32 Å². The number of hydrogen-bond donors (Lipinski definition) is 1. The lowest BCUT2D eigenvalue weighted by Gasteiger charge is -2.09. The van der Waals surface area contributed by atoms with Gasteiger partial charge in [-0.3, -0.25) is 0 Å². The number of thioether (sulfide) groups is 1. The third-order valence-electron chi connectivity index (χ3n) is 2.37. The second kappa shape index (κ2) is 5.54. The Balaban J connectivity index is 1.70. The molecular formula is C10H14BrNS2. The standard InChI is InChI=1S/C10H14BrNS2/c11-9-3-5-14-10(9)7-12-6-8-2-1-4-13-8/h3,5,8,12H,1-2,4,6-7H2. The molecule has 1 fully saturated rings. The minimum atomic E-state index is 0.855. The van der Waals surface area contributed by atoms with E-state index >= 15 is 0 Å². The fourth-order valence-electron chi connectivity index (χ4n) is 1.60. The van der Waals surface area contributed by atoms with Crippen molar-refractivity contribution < 1.29 is 0 Å². The summed E-state index contributed by atoms with van der Waals surface area (Å²) in [5, 5.41) is 6.52.